The molecule has 0 spiro atoms. The van der Waals surface area contributed by atoms with E-state index >= 15 is 0 Å². The lowest BCUT2D eigenvalue weighted by Gasteiger charge is -2.23. The Morgan fingerprint density at radius 2 is 1.82 bits per heavy atom. The van der Waals surface area contributed by atoms with E-state index in [9.17, 15) is 9.59 Å². The highest BCUT2D eigenvalue weighted by Gasteiger charge is 2.25. The molecule has 5 nitrogen and oxygen atoms in total. The van der Waals surface area contributed by atoms with Crippen LogP contribution in [0.25, 0.3) is 0 Å². The van der Waals surface area contributed by atoms with Gasteiger partial charge in [0.2, 0.25) is 0 Å². The summed E-state index contributed by atoms with van der Waals surface area (Å²) >= 11 is 13.0. The summed E-state index contributed by atoms with van der Waals surface area (Å²) in [6.45, 7) is 7.92. The van der Waals surface area contributed by atoms with E-state index in [1.165, 1.54) is 0 Å². The predicted molar refractivity (Wildman–Crippen MR) is 113 cm³/mol. The van der Waals surface area contributed by atoms with Gasteiger partial charge in [-0.05, 0) is 29.7 Å². The molecule has 2 aliphatic heterocycles. The van der Waals surface area contributed by atoms with Crippen molar-refractivity contribution in [1.29, 1.82) is 0 Å². The van der Waals surface area contributed by atoms with Crippen LogP contribution in [-0.4, -0.2) is 41.6 Å². The summed E-state index contributed by atoms with van der Waals surface area (Å²) in [7, 11) is 1.74. The molecule has 0 N–H and O–H groups in total. The quantitative estimate of drug-likeness (QED) is 0.734. The fraction of sp³-hybridized carbons (Fsp3) is 0.333. The number of hydrazone groups is 1. The van der Waals surface area contributed by atoms with Gasteiger partial charge in [0.15, 0.2) is 11.6 Å². The van der Waals surface area contributed by atoms with Crippen LogP contribution in [0.15, 0.2) is 46.2 Å². The normalized spacial score (nSPS) is 17.7. The van der Waals surface area contributed by atoms with Gasteiger partial charge in [-0.25, -0.2) is 0 Å². The lowest BCUT2D eigenvalue weighted by atomic mass is 9.93. The zero-order chi connectivity index (χ0) is 20.6. The van der Waals surface area contributed by atoms with Crippen LogP contribution in [0.1, 0.15) is 31.4 Å². The number of allylic oxidation sites excluding steroid dienone is 2. The van der Waals surface area contributed by atoms with Gasteiger partial charge in [-0.2, -0.15) is 5.10 Å². The molecular weight excluding hydrogens is 397 g/mol. The average Bonchev–Trinajstić information content (AvgIpc) is 2.62. The van der Waals surface area contributed by atoms with Crippen molar-refractivity contribution in [2.24, 2.45) is 16.0 Å². The number of ketones is 2. The van der Waals surface area contributed by atoms with E-state index in [2.05, 4.69) is 16.7 Å². The first-order valence-electron chi connectivity index (χ1n) is 8.97. The molecule has 1 aromatic rings. The number of halogens is 2. The maximum atomic E-state index is 12.3. The van der Waals surface area contributed by atoms with Gasteiger partial charge < -0.3 is 0 Å². The second-order valence-electron chi connectivity index (χ2n) is 7.22. The Bertz CT molecular complexity index is 951. The number of hydrogen-bond acceptors (Lipinski definition) is 5. The first-order valence-corrected chi connectivity index (χ1v) is 9.72. The summed E-state index contributed by atoms with van der Waals surface area (Å²) in [4.78, 5) is 28.7. The molecule has 28 heavy (non-hydrogen) atoms. The third-order valence-corrected chi connectivity index (χ3v) is 5.48. The number of hydrogen-bond donors (Lipinski definition) is 0. The molecule has 0 bridgehead atoms. The fourth-order valence-corrected chi connectivity index (χ4v) is 3.75. The standard InChI is InChI=1S/C21H21Cl2N3O2/c1-11(2)15-8-14(24-10-20(15)28)9-16-17(22)6-13(7-18(16)23)21-19(27)5-12(3)26(4)25-21/h6-8,11H,3,5,9-10H2,1-2,4H3. The van der Waals surface area contributed by atoms with Crippen LogP contribution in [0.2, 0.25) is 10.0 Å². The Balaban J connectivity index is 1.92. The van der Waals surface area contributed by atoms with Gasteiger partial charge in [0.1, 0.15) is 12.3 Å². The van der Waals surface area contributed by atoms with Crippen molar-refractivity contribution < 1.29 is 9.59 Å². The van der Waals surface area contributed by atoms with E-state index in [-0.39, 0.29) is 30.4 Å². The Kier molecular flexibility index (Phi) is 5.87. The highest BCUT2D eigenvalue weighted by atomic mass is 35.5. The molecule has 0 unspecified atom stereocenters. The van der Waals surface area contributed by atoms with Crippen LogP contribution >= 0.6 is 23.2 Å². The number of benzene rings is 1. The summed E-state index contributed by atoms with van der Waals surface area (Å²) < 4.78 is 0. The maximum Gasteiger partial charge on any atom is 0.189 e. The van der Waals surface area contributed by atoms with Gasteiger partial charge in [-0.3, -0.25) is 19.6 Å². The molecule has 0 aliphatic carbocycles. The molecule has 0 atom stereocenters. The Hall–Kier alpha value is -2.24. The summed E-state index contributed by atoms with van der Waals surface area (Å²) in [5.41, 5.74) is 3.76. The fourth-order valence-electron chi connectivity index (χ4n) is 3.13. The van der Waals surface area contributed by atoms with Gasteiger partial charge in [0.25, 0.3) is 0 Å². The summed E-state index contributed by atoms with van der Waals surface area (Å²) in [6.07, 6.45) is 2.45. The lowest BCUT2D eigenvalue weighted by Crippen LogP contribution is -2.28. The highest BCUT2D eigenvalue weighted by Crippen LogP contribution is 2.30. The second-order valence-corrected chi connectivity index (χ2v) is 8.03. The first kappa shape index (κ1) is 20.5. The van der Waals surface area contributed by atoms with Crippen LogP contribution in [0, 0.1) is 5.92 Å². The van der Waals surface area contributed by atoms with Crippen molar-refractivity contribution in [1.82, 2.24) is 5.01 Å². The molecule has 0 saturated heterocycles. The van der Waals surface area contributed by atoms with Gasteiger partial charge in [-0.15, -0.1) is 0 Å². The van der Waals surface area contributed by atoms with Crippen molar-refractivity contribution in [2.45, 2.75) is 26.7 Å². The topological polar surface area (TPSA) is 62.1 Å². The lowest BCUT2D eigenvalue weighted by molar-refractivity contribution is -0.115. The van der Waals surface area contributed by atoms with Crippen LogP contribution in [0.4, 0.5) is 0 Å². The second kappa shape index (κ2) is 8.02. The number of nitrogens with zero attached hydrogens (tertiary/aromatic N) is 3. The SMILES string of the molecule is C=C1CC(=O)C(c2cc(Cl)c(CC3=NCC(=O)C(C(C)C)=C3)c(Cl)c2)=NN1C. The van der Waals surface area contributed by atoms with Crippen molar-refractivity contribution >= 4 is 46.2 Å². The summed E-state index contributed by atoms with van der Waals surface area (Å²) in [5.74, 6) is 0.0573. The Morgan fingerprint density at radius 3 is 2.43 bits per heavy atom. The molecule has 0 aromatic heterocycles. The van der Waals surface area contributed by atoms with E-state index in [1.807, 2.05) is 19.9 Å². The number of Topliss-reactive ketones (excluding diaryl/α,β-unsaturated/α-hetero) is 2. The molecule has 1 aromatic carbocycles. The van der Waals surface area contributed by atoms with Gasteiger partial charge in [0.05, 0.1) is 6.42 Å². The van der Waals surface area contributed by atoms with Crippen LogP contribution in [0.3, 0.4) is 0 Å². The van der Waals surface area contributed by atoms with E-state index < -0.39 is 0 Å². The summed E-state index contributed by atoms with van der Waals surface area (Å²) in [6, 6.07) is 3.39. The van der Waals surface area contributed by atoms with Crippen LogP contribution < -0.4 is 0 Å². The third kappa shape index (κ3) is 4.10. The highest BCUT2D eigenvalue weighted by molar-refractivity contribution is 6.48. The number of dihydropyridines is 1. The zero-order valence-corrected chi connectivity index (χ0v) is 17.6. The van der Waals surface area contributed by atoms with Gasteiger partial charge >= 0.3 is 0 Å². The number of carbonyl (C=O) groups excluding carboxylic acids is 2. The van der Waals surface area contributed by atoms with E-state index in [0.29, 0.717) is 39.0 Å². The monoisotopic (exact) mass is 417 g/mol. The Labute approximate surface area is 174 Å². The molecule has 2 aliphatic rings. The molecule has 3 rings (SSSR count). The Morgan fingerprint density at radius 1 is 1.18 bits per heavy atom. The molecule has 146 valence electrons. The van der Waals surface area contributed by atoms with Crippen LogP contribution in [0.5, 0.6) is 0 Å². The first-order chi connectivity index (χ1) is 13.2. The van der Waals surface area contributed by atoms with Crippen molar-refractivity contribution in [3.8, 4) is 0 Å². The minimum atomic E-state index is -0.123. The molecule has 7 heteroatoms. The molecule has 0 fully saturated rings. The predicted octanol–water partition coefficient (Wildman–Crippen LogP) is 4.26. The minimum absolute atomic E-state index is 0.0471. The van der Waals surface area contributed by atoms with E-state index in [1.54, 1.807) is 24.2 Å². The molecule has 0 amide bonds. The average molecular weight is 418 g/mol. The smallest absolute Gasteiger partial charge is 0.189 e. The third-order valence-electron chi connectivity index (χ3n) is 4.80. The molecular formula is C21H21Cl2N3O2. The van der Waals surface area contributed by atoms with Crippen molar-refractivity contribution in [3.05, 3.63) is 57.2 Å². The number of carbonyl (C=O) groups is 2. The van der Waals surface area contributed by atoms with E-state index in [4.69, 9.17) is 23.2 Å². The minimum Gasteiger partial charge on any atom is -0.292 e. The van der Waals surface area contributed by atoms with Gasteiger partial charge in [-0.1, -0.05) is 43.6 Å². The molecule has 0 saturated carbocycles. The largest absolute Gasteiger partial charge is 0.292 e. The van der Waals surface area contributed by atoms with Crippen molar-refractivity contribution in [2.75, 3.05) is 13.6 Å². The summed E-state index contributed by atoms with van der Waals surface area (Å²) in [5, 5.41) is 6.74. The maximum absolute atomic E-state index is 12.3. The van der Waals surface area contributed by atoms with Crippen molar-refractivity contribution in [3.63, 3.8) is 0 Å². The van der Waals surface area contributed by atoms with Gasteiger partial charge in [0, 0.05) is 46.1 Å². The van der Waals surface area contributed by atoms with E-state index in [0.717, 1.165) is 11.3 Å². The molecule has 0 radical (unpaired) electrons. The zero-order valence-electron chi connectivity index (χ0n) is 16.1. The number of rotatable bonds is 4. The van der Waals surface area contributed by atoms with Crippen LogP contribution in [-0.2, 0) is 16.0 Å². The number of aliphatic imine (C=N–C) groups is 1. The molecule has 2 heterocycles.